The Morgan fingerprint density at radius 1 is 1.14 bits per heavy atom. The lowest BCUT2D eigenvalue weighted by Crippen LogP contribution is -2.05. The third-order valence-corrected chi connectivity index (χ3v) is 5.00. The number of rotatable bonds is 6. The molecule has 0 amide bonds. The zero-order valence-corrected chi connectivity index (χ0v) is 14.7. The van der Waals surface area contributed by atoms with Crippen LogP contribution in [-0.4, -0.2) is 23.3 Å². The van der Waals surface area contributed by atoms with Crippen LogP contribution in [0.4, 0.5) is 0 Å². The van der Waals surface area contributed by atoms with E-state index >= 15 is 0 Å². The summed E-state index contributed by atoms with van der Waals surface area (Å²) >= 11 is 5.23. The average molecular weight is 377 g/mol. The third kappa shape index (κ3) is 3.54. The molecule has 0 aliphatic heterocycles. The highest BCUT2D eigenvalue weighted by Crippen LogP contribution is 2.27. The SMILES string of the molecule is COCCn1c(SCc2ccc(Br)cc2)nc2ccccc21. The van der Waals surface area contributed by atoms with Gasteiger partial charge in [-0.05, 0) is 29.8 Å². The van der Waals surface area contributed by atoms with Crippen molar-refractivity contribution < 1.29 is 4.74 Å². The van der Waals surface area contributed by atoms with Gasteiger partial charge in [-0.15, -0.1) is 0 Å². The summed E-state index contributed by atoms with van der Waals surface area (Å²) in [7, 11) is 1.73. The van der Waals surface area contributed by atoms with Crippen LogP contribution in [0, 0.1) is 0 Å². The normalized spacial score (nSPS) is 11.2. The van der Waals surface area contributed by atoms with Crippen LogP contribution in [0.15, 0.2) is 58.2 Å². The molecule has 5 heteroatoms. The second-order valence-electron chi connectivity index (χ2n) is 4.94. The standard InChI is InChI=1S/C17H17BrN2OS/c1-21-11-10-20-16-5-3-2-4-15(16)19-17(20)22-12-13-6-8-14(18)9-7-13/h2-9H,10-12H2,1H3. The smallest absolute Gasteiger partial charge is 0.169 e. The van der Waals surface area contributed by atoms with Crippen molar-refractivity contribution in [2.45, 2.75) is 17.5 Å². The van der Waals surface area contributed by atoms with E-state index in [-0.39, 0.29) is 0 Å². The number of aromatic nitrogens is 2. The van der Waals surface area contributed by atoms with E-state index in [1.165, 1.54) is 5.56 Å². The summed E-state index contributed by atoms with van der Waals surface area (Å²) in [5, 5.41) is 1.04. The van der Waals surface area contributed by atoms with Crippen molar-refractivity contribution in [3.05, 3.63) is 58.6 Å². The molecule has 3 rings (SSSR count). The second-order valence-corrected chi connectivity index (χ2v) is 6.80. The Labute approximate surface area is 142 Å². The van der Waals surface area contributed by atoms with Gasteiger partial charge in [-0.3, -0.25) is 0 Å². The van der Waals surface area contributed by atoms with Gasteiger partial charge in [0.15, 0.2) is 5.16 Å². The fourth-order valence-electron chi connectivity index (χ4n) is 2.29. The Bertz CT molecular complexity index is 755. The first kappa shape index (κ1) is 15.6. The summed E-state index contributed by atoms with van der Waals surface area (Å²) in [6.07, 6.45) is 0. The average Bonchev–Trinajstić information content (AvgIpc) is 2.90. The van der Waals surface area contributed by atoms with Crippen molar-refractivity contribution in [2.75, 3.05) is 13.7 Å². The van der Waals surface area contributed by atoms with Crippen molar-refractivity contribution in [1.82, 2.24) is 9.55 Å². The molecule has 0 aliphatic carbocycles. The van der Waals surface area contributed by atoms with E-state index in [0.717, 1.165) is 33.0 Å². The number of fused-ring (bicyclic) bond motifs is 1. The lowest BCUT2D eigenvalue weighted by Gasteiger charge is -2.08. The van der Waals surface area contributed by atoms with Gasteiger partial charge in [-0.2, -0.15) is 0 Å². The molecule has 0 radical (unpaired) electrons. The molecule has 3 aromatic rings. The van der Waals surface area contributed by atoms with Gasteiger partial charge in [0, 0.05) is 23.9 Å². The molecule has 114 valence electrons. The molecule has 0 atom stereocenters. The minimum absolute atomic E-state index is 0.687. The van der Waals surface area contributed by atoms with Gasteiger partial charge in [0.2, 0.25) is 0 Å². The van der Waals surface area contributed by atoms with Gasteiger partial charge in [-0.1, -0.05) is 52.0 Å². The molecule has 0 spiro atoms. The summed E-state index contributed by atoms with van der Waals surface area (Å²) in [4.78, 5) is 4.76. The Kier molecular flexibility index (Phi) is 5.18. The number of hydrogen-bond acceptors (Lipinski definition) is 3. The number of nitrogens with zero attached hydrogens (tertiary/aromatic N) is 2. The van der Waals surface area contributed by atoms with Crippen LogP contribution in [0.1, 0.15) is 5.56 Å². The summed E-state index contributed by atoms with van der Waals surface area (Å²) in [5.74, 6) is 0.906. The van der Waals surface area contributed by atoms with Crippen molar-refractivity contribution in [2.24, 2.45) is 0 Å². The highest BCUT2D eigenvalue weighted by atomic mass is 79.9. The minimum atomic E-state index is 0.687. The van der Waals surface area contributed by atoms with Crippen LogP contribution < -0.4 is 0 Å². The molecule has 0 bridgehead atoms. The first-order chi connectivity index (χ1) is 10.8. The monoisotopic (exact) mass is 376 g/mol. The van der Waals surface area contributed by atoms with E-state index < -0.39 is 0 Å². The van der Waals surface area contributed by atoms with Gasteiger partial charge >= 0.3 is 0 Å². The molecule has 0 saturated heterocycles. The number of para-hydroxylation sites is 2. The van der Waals surface area contributed by atoms with Crippen molar-refractivity contribution in [3.8, 4) is 0 Å². The van der Waals surface area contributed by atoms with Crippen molar-refractivity contribution >= 4 is 38.7 Å². The quantitative estimate of drug-likeness (QED) is 0.581. The summed E-state index contributed by atoms with van der Waals surface area (Å²) in [6.45, 7) is 1.51. The van der Waals surface area contributed by atoms with E-state index in [9.17, 15) is 0 Å². The number of ether oxygens (including phenoxy) is 1. The second kappa shape index (κ2) is 7.31. The topological polar surface area (TPSA) is 27.1 Å². The number of imidazole rings is 1. The van der Waals surface area contributed by atoms with E-state index in [1.54, 1.807) is 18.9 Å². The van der Waals surface area contributed by atoms with E-state index in [1.807, 2.05) is 6.07 Å². The maximum Gasteiger partial charge on any atom is 0.169 e. The molecular weight excluding hydrogens is 360 g/mol. The van der Waals surface area contributed by atoms with Crippen molar-refractivity contribution in [1.29, 1.82) is 0 Å². The molecule has 0 aliphatic rings. The van der Waals surface area contributed by atoms with E-state index in [4.69, 9.17) is 9.72 Å². The molecular formula is C17H17BrN2OS. The number of methoxy groups -OCH3 is 1. The van der Waals surface area contributed by atoms with Gasteiger partial charge in [0.05, 0.1) is 17.6 Å². The Balaban J connectivity index is 1.83. The molecule has 1 heterocycles. The maximum absolute atomic E-state index is 5.23. The Hall–Kier alpha value is -1.30. The van der Waals surface area contributed by atoms with Crippen LogP contribution >= 0.6 is 27.7 Å². The largest absolute Gasteiger partial charge is 0.383 e. The molecule has 3 nitrogen and oxygen atoms in total. The van der Waals surface area contributed by atoms with Gasteiger partial charge in [0.25, 0.3) is 0 Å². The molecule has 0 saturated carbocycles. The summed E-state index contributed by atoms with van der Waals surface area (Å²) in [6, 6.07) is 16.7. The predicted molar refractivity (Wildman–Crippen MR) is 95.3 cm³/mol. The molecule has 0 fully saturated rings. The lowest BCUT2D eigenvalue weighted by molar-refractivity contribution is 0.186. The van der Waals surface area contributed by atoms with Crippen LogP contribution in [0.2, 0.25) is 0 Å². The molecule has 0 unspecified atom stereocenters. The van der Waals surface area contributed by atoms with Gasteiger partial charge < -0.3 is 9.30 Å². The summed E-state index contributed by atoms with van der Waals surface area (Å²) in [5.41, 5.74) is 3.49. The molecule has 2 aromatic carbocycles. The number of halogens is 1. The zero-order valence-electron chi connectivity index (χ0n) is 12.3. The van der Waals surface area contributed by atoms with E-state index in [0.29, 0.717) is 6.61 Å². The molecule has 0 N–H and O–H groups in total. The molecule has 1 aromatic heterocycles. The van der Waals surface area contributed by atoms with Crippen LogP contribution in [-0.2, 0) is 17.0 Å². The Morgan fingerprint density at radius 2 is 1.91 bits per heavy atom. The Morgan fingerprint density at radius 3 is 2.68 bits per heavy atom. The highest BCUT2D eigenvalue weighted by molar-refractivity contribution is 9.10. The van der Waals surface area contributed by atoms with Gasteiger partial charge in [-0.25, -0.2) is 4.98 Å². The zero-order chi connectivity index (χ0) is 15.4. The fourth-order valence-corrected chi connectivity index (χ4v) is 3.55. The highest BCUT2D eigenvalue weighted by Gasteiger charge is 2.10. The maximum atomic E-state index is 5.23. The minimum Gasteiger partial charge on any atom is -0.383 e. The van der Waals surface area contributed by atoms with Crippen molar-refractivity contribution in [3.63, 3.8) is 0 Å². The molecule has 22 heavy (non-hydrogen) atoms. The first-order valence-electron chi connectivity index (χ1n) is 7.09. The first-order valence-corrected chi connectivity index (χ1v) is 8.87. The number of benzene rings is 2. The third-order valence-electron chi connectivity index (χ3n) is 3.42. The lowest BCUT2D eigenvalue weighted by atomic mass is 10.2. The van der Waals surface area contributed by atoms with Crippen LogP contribution in [0.3, 0.4) is 0 Å². The summed E-state index contributed by atoms with van der Waals surface area (Å²) < 4.78 is 8.58. The number of hydrogen-bond donors (Lipinski definition) is 0. The van der Waals surface area contributed by atoms with E-state index in [2.05, 4.69) is 63.0 Å². The van der Waals surface area contributed by atoms with Crippen LogP contribution in [0.5, 0.6) is 0 Å². The van der Waals surface area contributed by atoms with Gasteiger partial charge in [0.1, 0.15) is 0 Å². The van der Waals surface area contributed by atoms with Crippen LogP contribution in [0.25, 0.3) is 11.0 Å². The fraction of sp³-hybridized carbons (Fsp3) is 0.235. The number of thioether (sulfide) groups is 1. The predicted octanol–water partition coefficient (Wildman–Crippen LogP) is 4.74.